The van der Waals surface area contributed by atoms with Gasteiger partial charge in [-0.05, 0) is 44.9 Å². The Labute approximate surface area is 97.8 Å². The molecule has 0 aliphatic rings. The van der Waals surface area contributed by atoms with E-state index >= 15 is 0 Å². The molecule has 1 nitrogen and oxygen atoms in total. The lowest BCUT2D eigenvalue weighted by Gasteiger charge is -2.29. The summed E-state index contributed by atoms with van der Waals surface area (Å²) in [4.78, 5) is 0. The molecule has 1 aromatic rings. The molecule has 0 bridgehead atoms. The second-order valence-corrected chi connectivity index (χ2v) is 5.09. The van der Waals surface area contributed by atoms with Crippen molar-refractivity contribution in [2.75, 3.05) is 0 Å². The second kappa shape index (κ2) is 5.00. The van der Waals surface area contributed by atoms with Crippen molar-refractivity contribution in [3.8, 4) is 0 Å². The first kappa shape index (κ1) is 12.5. The number of rotatable bonds is 4. The minimum absolute atomic E-state index is 0.180. The highest BCUT2D eigenvalue weighted by molar-refractivity contribution is 6.30. The van der Waals surface area contributed by atoms with Crippen LogP contribution in [0.2, 0.25) is 5.02 Å². The molecule has 0 fully saturated rings. The van der Waals surface area contributed by atoms with E-state index in [4.69, 9.17) is 11.6 Å². The summed E-state index contributed by atoms with van der Waals surface area (Å²) in [5.41, 5.74) is 1.46. The Kier molecular flexibility index (Phi) is 4.18. The zero-order valence-electron chi connectivity index (χ0n) is 9.97. The number of halogens is 1. The molecular weight excluding hydrogens is 206 g/mol. The zero-order chi connectivity index (χ0) is 11.5. The highest BCUT2D eigenvalue weighted by atomic mass is 35.5. The molecule has 1 rings (SSSR count). The van der Waals surface area contributed by atoms with Gasteiger partial charge in [0.1, 0.15) is 0 Å². The molecule has 1 N–H and O–H groups in total. The SMILES string of the molecule is CCC(C)(C)NC(C)c1ccc(Cl)cc1. The summed E-state index contributed by atoms with van der Waals surface area (Å²) in [5.74, 6) is 0. The lowest BCUT2D eigenvalue weighted by atomic mass is 9.98. The quantitative estimate of drug-likeness (QED) is 0.811. The van der Waals surface area contributed by atoms with Crippen molar-refractivity contribution in [1.29, 1.82) is 0 Å². The summed E-state index contributed by atoms with van der Waals surface area (Å²) in [6.07, 6.45) is 1.12. The molecule has 15 heavy (non-hydrogen) atoms. The standard InChI is InChI=1S/C13H20ClN/c1-5-13(3,4)15-10(2)11-6-8-12(14)9-7-11/h6-10,15H,5H2,1-4H3. The van der Waals surface area contributed by atoms with Crippen molar-refractivity contribution in [3.63, 3.8) is 0 Å². The van der Waals surface area contributed by atoms with Crippen LogP contribution in [-0.4, -0.2) is 5.54 Å². The number of benzene rings is 1. The molecule has 1 atom stereocenters. The first-order valence-electron chi connectivity index (χ1n) is 5.48. The van der Waals surface area contributed by atoms with Crippen molar-refractivity contribution in [3.05, 3.63) is 34.9 Å². The molecule has 0 saturated heterocycles. The van der Waals surface area contributed by atoms with Gasteiger partial charge in [0.25, 0.3) is 0 Å². The van der Waals surface area contributed by atoms with Gasteiger partial charge in [0.15, 0.2) is 0 Å². The van der Waals surface area contributed by atoms with Crippen molar-refractivity contribution in [2.45, 2.75) is 45.7 Å². The molecule has 0 saturated carbocycles. The van der Waals surface area contributed by atoms with Crippen LogP contribution >= 0.6 is 11.6 Å². The Morgan fingerprint density at radius 3 is 2.27 bits per heavy atom. The summed E-state index contributed by atoms with van der Waals surface area (Å²) >= 11 is 5.86. The molecule has 1 unspecified atom stereocenters. The van der Waals surface area contributed by atoms with Gasteiger partial charge in [0.05, 0.1) is 0 Å². The predicted octanol–water partition coefficient (Wildman–Crippen LogP) is 4.18. The van der Waals surface area contributed by atoms with Gasteiger partial charge in [-0.3, -0.25) is 0 Å². The monoisotopic (exact) mass is 225 g/mol. The van der Waals surface area contributed by atoms with E-state index in [2.05, 4.69) is 45.1 Å². The van der Waals surface area contributed by atoms with Crippen molar-refractivity contribution in [1.82, 2.24) is 5.32 Å². The molecule has 0 heterocycles. The Hall–Kier alpha value is -0.530. The third-order valence-corrected chi connectivity index (χ3v) is 3.11. The fraction of sp³-hybridized carbons (Fsp3) is 0.538. The Bertz CT molecular complexity index is 303. The normalized spacial score (nSPS) is 13.9. The Balaban J connectivity index is 2.69. The summed E-state index contributed by atoms with van der Waals surface area (Å²) in [5, 5.41) is 4.39. The predicted molar refractivity (Wildman–Crippen MR) is 67.4 cm³/mol. The van der Waals surface area contributed by atoms with Crippen molar-refractivity contribution in [2.24, 2.45) is 0 Å². The van der Waals surface area contributed by atoms with Gasteiger partial charge in [-0.2, -0.15) is 0 Å². The van der Waals surface area contributed by atoms with E-state index in [1.165, 1.54) is 5.56 Å². The summed E-state index contributed by atoms with van der Waals surface area (Å²) in [7, 11) is 0. The van der Waals surface area contributed by atoms with Gasteiger partial charge in [-0.25, -0.2) is 0 Å². The van der Waals surface area contributed by atoms with Gasteiger partial charge in [0, 0.05) is 16.6 Å². The van der Waals surface area contributed by atoms with E-state index in [0.29, 0.717) is 6.04 Å². The lowest BCUT2D eigenvalue weighted by molar-refractivity contribution is 0.337. The molecular formula is C13H20ClN. The highest BCUT2D eigenvalue weighted by Gasteiger charge is 2.17. The molecule has 0 aliphatic heterocycles. The van der Waals surface area contributed by atoms with Crippen LogP contribution in [-0.2, 0) is 0 Å². The van der Waals surface area contributed by atoms with Crippen LogP contribution in [0.15, 0.2) is 24.3 Å². The Morgan fingerprint density at radius 1 is 1.27 bits per heavy atom. The van der Waals surface area contributed by atoms with E-state index < -0.39 is 0 Å². The van der Waals surface area contributed by atoms with Crippen LogP contribution in [0, 0.1) is 0 Å². The largest absolute Gasteiger partial charge is 0.305 e. The molecule has 0 spiro atoms. The van der Waals surface area contributed by atoms with E-state index in [9.17, 15) is 0 Å². The lowest BCUT2D eigenvalue weighted by Crippen LogP contribution is -2.40. The fourth-order valence-corrected chi connectivity index (χ4v) is 1.65. The number of hydrogen-bond acceptors (Lipinski definition) is 1. The second-order valence-electron chi connectivity index (χ2n) is 4.66. The van der Waals surface area contributed by atoms with E-state index in [1.54, 1.807) is 0 Å². The van der Waals surface area contributed by atoms with Crippen LogP contribution in [0.25, 0.3) is 0 Å². The first-order chi connectivity index (χ1) is 6.94. The number of nitrogens with one attached hydrogen (secondary N) is 1. The van der Waals surface area contributed by atoms with Crippen LogP contribution in [0.5, 0.6) is 0 Å². The summed E-state index contributed by atoms with van der Waals surface area (Å²) in [6.45, 7) is 8.82. The fourth-order valence-electron chi connectivity index (χ4n) is 1.52. The first-order valence-corrected chi connectivity index (χ1v) is 5.85. The topological polar surface area (TPSA) is 12.0 Å². The summed E-state index contributed by atoms with van der Waals surface area (Å²) < 4.78 is 0. The molecule has 1 aromatic carbocycles. The Morgan fingerprint density at radius 2 is 1.80 bits per heavy atom. The smallest absolute Gasteiger partial charge is 0.0406 e. The maximum atomic E-state index is 5.86. The highest BCUT2D eigenvalue weighted by Crippen LogP contribution is 2.20. The van der Waals surface area contributed by atoms with Crippen LogP contribution < -0.4 is 5.32 Å². The minimum atomic E-state index is 0.180. The van der Waals surface area contributed by atoms with E-state index in [-0.39, 0.29) is 5.54 Å². The van der Waals surface area contributed by atoms with Gasteiger partial charge < -0.3 is 5.32 Å². The average molecular weight is 226 g/mol. The molecule has 0 amide bonds. The van der Waals surface area contributed by atoms with Crippen LogP contribution in [0.3, 0.4) is 0 Å². The average Bonchev–Trinajstić information content (AvgIpc) is 2.18. The third-order valence-electron chi connectivity index (χ3n) is 2.86. The minimum Gasteiger partial charge on any atom is -0.305 e. The number of hydrogen-bond donors (Lipinski definition) is 1. The molecule has 0 radical (unpaired) electrons. The van der Waals surface area contributed by atoms with Gasteiger partial charge in [-0.1, -0.05) is 30.7 Å². The van der Waals surface area contributed by atoms with Gasteiger partial charge >= 0.3 is 0 Å². The van der Waals surface area contributed by atoms with Crippen molar-refractivity contribution >= 4 is 11.6 Å². The maximum Gasteiger partial charge on any atom is 0.0406 e. The maximum absolute atomic E-state index is 5.86. The van der Waals surface area contributed by atoms with Crippen LogP contribution in [0.4, 0.5) is 0 Å². The van der Waals surface area contributed by atoms with Crippen molar-refractivity contribution < 1.29 is 0 Å². The van der Waals surface area contributed by atoms with E-state index in [1.807, 2.05) is 12.1 Å². The third kappa shape index (κ3) is 3.84. The van der Waals surface area contributed by atoms with Gasteiger partial charge in [-0.15, -0.1) is 0 Å². The van der Waals surface area contributed by atoms with E-state index in [0.717, 1.165) is 11.4 Å². The summed E-state index contributed by atoms with van der Waals surface area (Å²) in [6, 6.07) is 8.39. The zero-order valence-corrected chi connectivity index (χ0v) is 10.7. The molecule has 0 aliphatic carbocycles. The molecule has 0 aromatic heterocycles. The molecule has 2 heteroatoms. The van der Waals surface area contributed by atoms with Gasteiger partial charge in [0.2, 0.25) is 0 Å². The van der Waals surface area contributed by atoms with Crippen LogP contribution in [0.1, 0.15) is 45.7 Å². The molecule has 84 valence electrons.